The predicted octanol–water partition coefficient (Wildman–Crippen LogP) is 4.79. The largest absolute Gasteiger partial charge is 0.292 e. The van der Waals surface area contributed by atoms with Gasteiger partial charge in [0.25, 0.3) is 0 Å². The van der Waals surface area contributed by atoms with E-state index in [1.807, 2.05) is 0 Å². The van der Waals surface area contributed by atoms with Crippen LogP contribution in [-0.4, -0.2) is 11.4 Å². The topological polar surface area (TPSA) is 3.24 Å². The Morgan fingerprint density at radius 3 is 2.47 bits per heavy atom. The number of hydrogen-bond acceptors (Lipinski definition) is 1. The molecule has 1 aliphatic heterocycles. The maximum atomic E-state index is 3.51. The summed E-state index contributed by atoms with van der Waals surface area (Å²) in [4.78, 5) is 2.60. The van der Waals surface area contributed by atoms with Gasteiger partial charge >= 0.3 is 0 Å². The third-order valence-corrected chi connectivity index (χ3v) is 4.38. The summed E-state index contributed by atoms with van der Waals surface area (Å²) in [6.45, 7) is 2.26. The Labute approximate surface area is 123 Å². The van der Waals surface area contributed by atoms with Crippen LogP contribution < -0.4 is 0 Å². The highest BCUT2D eigenvalue weighted by molar-refractivity contribution is 9.10. The molecular weight excluding hydrogens is 298 g/mol. The number of hydrogen-bond donors (Lipinski definition) is 0. The second kappa shape index (κ2) is 5.89. The van der Waals surface area contributed by atoms with Crippen molar-refractivity contribution in [3.8, 4) is 0 Å². The van der Waals surface area contributed by atoms with Gasteiger partial charge in [-0.15, -0.1) is 0 Å². The van der Waals surface area contributed by atoms with Gasteiger partial charge in [-0.3, -0.25) is 4.90 Å². The van der Waals surface area contributed by atoms with Crippen molar-refractivity contribution in [3.63, 3.8) is 0 Å². The van der Waals surface area contributed by atoms with E-state index < -0.39 is 0 Å². The molecule has 0 aromatic heterocycles. The Bertz CT molecular complexity index is 521. The molecule has 0 radical (unpaired) electrons. The fourth-order valence-corrected chi connectivity index (χ4v) is 3.16. The number of rotatable bonds is 3. The summed E-state index contributed by atoms with van der Waals surface area (Å²) in [6.07, 6.45) is 2.57. The van der Waals surface area contributed by atoms with Gasteiger partial charge in [0, 0.05) is 17.1 Å². The average Bonchev–Trinajstić information content (AvgIpc) is 2.89. The Morgan fingerprint density at radius 2 is 1.74 bits per heavy atom. The molecule has 1 nitrogen and oxygen atoms in total. The van der Waals surface area contributed by atoms with Crippen LogP contribution >= 0.6 is 15.9 Å². The maximum Gasteiger partial charge on any atom is 0.0352 e. The molecular formula is C17H18BrN. The molecule has 0 bridgehead atoms. The molecule has 0 spiro atoms. The molecule has 1 heterocycles. The molecule has 0 N–H and O–H groups in total. The van der Waals surface area contributed by atoms with Crippen molar-refractivity contribution < 1.29 is 0 Å². The summed E-state index contributed by atoms with van der Waals surface area (Å²) in [7, 11) is 0. The van der Waals surface area contributed by atoms with Gasteiger partial charge in [0.2, 0.25) is 0 Å². The highest BCUT2D eigenvalue weighted by atomic mass is 79.9. The van der Waals surface area contributed by atoms with Crippen LogP contribution in [0, 0.1) is 0 Å². The van der Waals surface area contributed by atoms with E-state index in [9.17, 15) is 0 Å². The van der Waals surface area contributed by atoms with Crippen LogP contribution in [0.3, 0.4) is 0 Å². The molecule has 1 aliphatic rings. The van der Waals surface area contributed by atoms with Gasteiger partial charge in [0.1, 0.15) is 0 Å². The van der Waals surface area contributed by atoms with Gasteiger partial charge in [-0.1, -0.05) is 58.4 Å². The Morgan fingerprint density at radius 1 is 1.00 bits per heavy atom. The Hall–Kier alpha value is -1.12. The van der Waals surface area contributed by atoms with E-state index in [-0.39, 0.29) is 0 Å². The SMILES string of the molecule is Brc1ccc(C2CCCN2Cc2ccccc2)cc1. The lowest BCUT2D eigenvalue weighted by atomic mass is 10.0. The number of nitrogens with zero attached hydrogens (tertiary/aromatic N) is 1. The van der Waals surface area contributed by atoms with Crippen molar-refractivity contribution in [2.24, 2.45) is 0 Å². The minimum atomic E-state index is 0.577. The minimum absolute atomic E-state index is 0.577. The Kier molecular flexibility index (Phi) is 4.00. The van der Waals surface area contributed by atoms with Crippen LogP contribution in [0.25, 0.3) is 0 Å². The first-order valence-electron chi connectivity index (χ1n) is 6.86. The number of halogens is 1. The first-order chi connectivity index (χ1) is 9.33. The molecule has 1 saturated heterocycles. The standard InChI is InChI=1S/C17H18BrN/c18-16-10-8-15(9-11-16)17-7-4-12-19(17)13-14-5-2-1-3-6-14/h1-3,5-6,8-11,17H,4,7,12-13H2. The molecule has 0 aliphatic carbocycles. The molecule has 1 atom stereocenters. The van der Waals surface area contributed by atoms with Crippen LogP contribution in [-0.2, 0) is 6.54 Å². The van der Waals surface area contributed by atoms with E-state index >= 15 is 0 Å². The quantitative estimate of drug-likeness (QED) is 0.787. The molecule has 1 unspecified atom stereocenters. The molecule has 19 heavy (non-hydrogen) atoms. The molecule has 98 valence electrons. The number of benzene rings is 2. The van der Waals surface area contributed by atoms with Crippen LogP contribution in [0.15, 0.2) is 59.1 Å². The minimum Gasteiger partial charge on any atom is -0.292 e. The zero-order valence-electron chi connectivity index (χ0n) is 10.9. The van der Waals surface area contributed by atoms with Gasteiger partial charge in [-0.05, 0) is 42.6 Å². The summed E-state index contributed by atoms with van der Waals surface area (Å²) in [5.74, 6) is 0. The lowest BCUT2D eigenvalue weighted by Gasteiger charge is -2.25. The zero-order valence-corrected chi connectivity index (χ0v) is 12.5. The summed E-state index contributed by atoms with van der Waals surface area (Å²) in [5.41, 5.74) is 2.85. The van der Waals surface area contributed by atoms with Crippen LogP contribution in [0.1, 0.15) is 30.0 Å². The zero-order chi connectivity index (χ0) is 13.1. The van der Waals surface area contributed by atoms with Crippen molar-refractivity contribution >= 4 is 15.9 Å². The van der Waals surface area contributed by atoms with E-state index in [1.54, 1.807) is 0 Å². The highest BCUT2D eigenvalue weighted by Gasteiger charge is 2.25. The van der Waals surface area contributed by atoms with Gasteiger partial charge in [-0.25, -0.2) is 0 Å². The molecule has 2 heteroatoms. The summed E-state index contributed by atoms with van der Waals surface area (Å²) in [6, 6.07) is 20.1. The third-order valence-electron chi connectivity index (χ3n) is 3.85. The van der Waals surface area contributed by atoms with Gasteiger partial charge in [0.05, 0.1) is 0 Å². The summed E-state index contributed by atoms with van der Waals surface area (Å²) < 4.78 is 1.16. The second-order valence-corrected chi connectivity index (χ2v) is 6.08. The molecule has 0 saturated carbocycles. The fraction of sp³-hybridized carbons (Fsp3) is 0.294. The van der Waals surface area contributed by atoms with E-state index in [2.05, 4.69) is 75.4 Å². The van der Waals surface area contributed by atoms with Crippen LogP contribution in [0.4, 0.5) is 0 Å². The lowest BCUT2D eigenvalue weighted by Crippen LogP contribution is -2.22. The van der Waals surface area contributed by atoms with Gasteiger partial charge in [-0.2, -0.15) is 0 Å². The van der Waals surface area contributed by atoms with Crippen LogP contribution in [0.2, 0.25) is 0 Å². The van der Waals surface area contributed by atoms with Gasteiger partial charge < -0.3 is 0 Å². The van der Waals surface area contributed by atoms with Crippen molar-refractivity contribution in [3.05, 3.63) is 70.2 Å². The normalized spacial score (nSPS) is 19.7. The predicted molar refractivity (Wildman–Crippen MR) is 83.0 cm³/mol. The van der Waals surface area contributed by atoms with Crippen molar-refractivity contribution in [2.75, 3.05) is 6.54 Å². The van der Waals surface area contributed by atoms with Crippen molar-refractivity contribution in [1.29, 1.82) is 0 Å². The third kappa shape index (κ3) is 3.07. The fourth-order valence-electron chi connectivity index (χ4n) is 2.90. The lowest BCUT2D eigenvalue weighted by molar-refractivity contribution is 0.248. The smallest absolute Gasteiger partial charge is 0.0352 e. The average molecular weight is 316 g/mol. The van der Waals surface area contributed by atoms with E-state index in [4.69, 9.17) is 0 Å². The second-order valence-electron chi connectivity index (χ2n) is 5.17. The number of likely N-dealkylation sites (tertiary alicyclic amines) is 1. The maximum absolute atomic E-state index is 3.51. The van der Waals surface area contributed by atoms with Crippen LogP contribution in [0.5, 0.6) is 0 Å². The highest BCUT2D eigenvalue weighted by Crippen LogP contribution is 2.33. The van der Waals surface area contributed by atoms with Crippen molar-refractivity contribution in [2.45, 2.75) is 25.4 Å². The molecule has 3 rings (SSSR count). The molecule has 2 aromatic carbocycles. The summed E-state index contributed by atoms with van der Waals surface area (Å²) >= 11 is 3.51. The van der Waals surface area contributed by atoms with E-state index in [0.29, 0.717) is 6.04 Å². The van der Waals surface area contributed by atoms with Crippen molar-refractivity contribution in [1.82, 2.24) is 4.90 Å². The monoisotopic (exact) mass is 315 g/mol. The molecule has 2 aromatic rings. The van der Waals surface area contributed by atoms with Gasteiger partial charge in [0.15, 0.2) is 0 Å². The van der Waals surface area contributed by atoms with E-state index in [0.717, 1.165) is 11.0 Å². The first kappa shape index (κ1) is 12.9. The Balaban J connectivity index is 1.76. The first-order valence-corrected chi connectivity index (χ1v) is 7.66. The molecule has 1 fully saturated rings. The summed E-state index contributed by atoms with van der Waals surface area (Å²) in [5, 5.41) is 0. The van der Waals surface area contributed by atoms with E-state index in [1.165, 1.54) is 30.5 Å². The molecule has 0 amide bonds.